The van der Waals surface area contributed by atoms with E-state index >= 15 is 0 Å². The molecule has 2 heterocycles. The van der Waals surface area contributed by atoms with E-state index in [1.807, 2.05) is 20.8 Å². The zero-order valence-corrected chi connectivity index (χ0v) is 12.2. The standard InChI is InChI=1S/C13H22N4O2/c1-7-8(2)19-9(3)12(7)13(18)17(5)6-11-14-10(4)15-16-11/h7-9,12H,6H2,1-5H3,(H,14,15,16). The SMILES string of the molecule is Cc1nc(CN(C)C(=O)C2C(C)OC(C)C2C)n[nH]1. The number of amides is 1. The molecule has 0 radical (unpaired) electrons. The van der Waals surface area contributed by atoms with E-state index in [1.54, 1.807) is 11.9 Å². The monoisotopic (exact) mass is 266 g/mol. The Hall–Kier alpha value is -1.43. The van der Waals surface area contributed by atoms with E-state index in [2.05, 4.69) is 22.1 Å². The number of H-pyrrole nitrogens is 1. The number of aromatic amines is 1. The third-order valence-corrected chi connectivity index (χ3v) is 3.93. The molecule has 2 rings (SSSR count). The Morgan fingerprint density at radius 1 is 1.37 bits per heavy atom. The maximum absolute atomic E-state index is 12.5. The molecule has 0 aromatic carbocycles. The van der Waals surface area contributed by atoms with Crippen LogP contribution >= 0.6 is 0 Å². The molecule has 0 saturated carbocycles. The molecule has 1 aromatic rings. The Kier molecular flexibility index (Phi) is 3.89. The largest absolute Gasteiger partial charge is 0.374 e. The number of ether oxygens (including phenoxy) is 1. The van der Waals surface area contributed by atoms with E-state index in [4.69, 9.17) is 4.74 Å². The van der Waals surface area contributed by atoms with Gasteiger partial charge in [-0.2, -0.15) is 5.10 Å². The average Bonchev–Trinajstić information content (AvgIpc) is 2.84. The van der Waals surface area contributed by atoms with Crippen LogP contribution < -0.4 is 0 Å². The minimum absolute atomic E-state index is 0.0335. The highest BCUT2D eigenvalue weighted by Crippen LogP contribution is 2.33. The summed E-state index contributed by atoms with van der Waals surface area (Å²) < 4.78 is 5.73. The first-order valence-corrected chi connectivity index (χ1v) is 6.68. The summed E-state index contributed by atoms with van der Waals surface area (Å²) in [6.45, 7) is 8.32. The molecule has 0 spiro atoms. The van der Waals surface area contributed by atoms with Gasteiger partial charge in [0, 0.05) is 7.05 Å². The molecule has 1 aliphatic heterocycles. The molecule has 1 saturated heterocycles. The van der Waals surface area contributed by atoms with E-state index in [0.29, 0.717) is 12.4 Å². The van der Waals surface area contributed by atoms with E-state index in [-0.39, 0.29) is 30.0 Å². The van der Waals surface area contributed by atoms with E-state index in [1.165, 1.54) is 0 Å². The van der Waals surface area contributed by atoms with Crippen LogP contribution in [0.5, 0.6) is 0 Å². The molecule has 106 valence electrons. The highest BCUT2D eigenvalue weighted by Gasteiger charge is 2.42. The molecule has 1 aromatic heterocycles. The topological polar surface area (TPSA) is 71.1 Å². The summed E-state index contributed by atoms with van der Waals surface area (Å²) in [6, 6.07) is 0. The fraction of sp³-hybridized carbons (Fsp3) is 0.769. The van der Waals surface area contributed by atoms with Gasteiger partial charge in [-0.1, -0.05) is 6.92 Å². The molecule has 1 N–H and O–H groups in total. The van der Waals surface area contributed by atoms with Crippen molar-refractivity contribution >= 4 is 5.91 Å². The van der Waals surface area contributed by atoms with Gasteiger partial charge in [0.05, 0.1) is 24.7 Å². The van der Waals surface area contributed by atoms with Gasteiger partial charge in [0.2, 0.25) is 5.91 Å². The van der Waals surface area contributed by atoms with Crippen molar-refractivity contribution < 1.29 is 9.53 Å². The average molecular weight is 266 g/mol. The molecule has 6 heteroatoms. The first-order chi connectivity index (χ1) is 8.90. The predicted octanol–water partition coefficient (Wildman–Crippen LogP) is 1.13. The maximum atomic E-state index is 12.5. The first-order valence-electron chi connectivity index (χ1n) is 6.68. The number of nitrogens with zero attached hydrogens (tertiary/aromatic N) is 3. The minimum atomic E-state index is -0.0833. The summed E-state index contributed by atoms with van der Waals surface area (Å²) in [4.78, 5) is 18.4. The van der Waals surface area contributed by atoms with Gasteiger partial charge in [-0.05, 0) is 26.7 Å². The molecule has 6 nitrogen and oxygen atoms in total. The third-order valence-electron chi connectivity index (χ3n) is 3.93. The molecule has 1 aliphatic rings. The second-order valence-electron chi connectivity index (χ2n) is 5.46. The van der Waals surface area contributed by atoms with E-state index < -0.39 is 0 Å². The quantitative estimate of drug-likeness (QED) is 0.890. The van der Waals surface area contributed by atoms with Crippen LogP contribution in [0.2, 0.25) is 0 Å². The van der Waals surface area contributed by atoms with Crippen LogP contribution in [-0.4, -0.2) is 45.2 Å². The number of hydrogen-bond donors (Lipinski definition) is 1. The summed E-state index contributed by atoms with van der Waals surface area (Å²) in [7, 11) is 1.79. The maximum Gasteiger partial charge on any atom is 0.228 e. The second kappa shape index (κ2) is 5.28. The third kappa shape index (κ3) is 2.78. The van der Waals surface area contributed by atoms with E-state index in [9.17, 15) is 4.79 Å². The lowest BCUT2D eigenvalue weighted by molar-refractivity contribution is -0.137. The Bertz CT molecular complexity index is 459. The Morgan fingerprint density at radius 2 is 2.05 bits per heavy atom. The highest BCUT2D eigenvalue weighted by atomic mass is 16.5. The van der Waals surface area contributed by atoms with Crippen LogP contribution in [0.3, 0.4) is 0 Å². The number of hydrogen-bond acceptors (Lipinski definition) is 4. The van der Waals surface area contributed by atoms with Gasteiger partial charge in [0.25, 0.3) is 0 Å². The lowest BCUT2D eigenvalue weighted by atomic mass is 9.88. The Labute approximate surface area is 113 Å². The van der Waals surface area contributed by atoms with E-state index in [0.717, 1.165) is 5.82 Å². The second-order valence-corrected chi connectivity index (χ2v) is 5.46. The zero-order valence-electron chi connectivity index (χ0n) is 12.2. The fourth-order valence-corrected chi connectivity index (χ4v) is 2.70. The van der Waals surface area contributed by atoms with Crippen LogP contribution in [0.1, 0.15) is 32.4 Å². The number of carbonyl (C=O) groups is 1. The van der Waals surface area contributed by atoms with Crippen LogP contribution in [0, 0.1) is 18.8 Å². The predicted molar refractivity (Wildman–Crippen MR) is 70.3 cm³/mol. The van der Waals surface area contributed by atoms with Crippen molar-refractivity contribution in [3.63, 3.8) is 0 Å². The highest BCUT2D eigenvalue weighted by molar-refractivity contribution is 5.79. The normalized spacial score (nSPS) is 30.6. The lowest BCUT2D eigenvalue weighted by Crippen LogP contribution is -2.38. The van der Waals surface area contributed by atoms with Crippen LogP contribution in [0.25, 0.3) is 0 Å². The molecular weight excluding hydrogens is 244 g/mol. The van der Waals surface area contributed by atoms with Gasteiger partial charge >= 0.3 is 0 Å². The van der Waals surface area contributed by atoms with Gasteiger partial charge in [-0.25, -0.2) is 4.98 Å². The van der Waals surface area contributed by atoms with Crippen molar-refractivity contribution in [2.75, 3.05) is 7.05 Å². The number of rotatable bonds is 3. The zero-order chi connectivity index (χ0) is 14.2. The number of nitrogens with one attached hydrogen (secondary N) is 1. The van der Waals surface area contributed by atoms with Crippen LogP contribution in [0.15, 0.2) is 0 Å². The van der Waals surface area contributed by atoms with Crippen molar-refractivity contribution in [2.24, 2.45) is 11.8 Å². The van der Waals surface area contributed by atoms with Crippen LogP contribution in [-0.2, 0) is 16.1 Å². The minimum Gasteiger partial charge on any atom is -0.374 e. The van der Waals surface area contributed by atoms with Crippen molar-refractivity contribution in [1.29, 1.82) is 0 Å². The molecule has 0 aliphatic carbocycles. The van der Waals surface area contributed by atoms with Crippen molar-refractivity contribution in [1.82, 2.24) is 20.1 Å². The smallest absolute Gasteiger partial charge is 0.228 e. The van der Waals surface area contributed by atoms with Crippen LogP contribution in [0.4, 0.5) is 0 Å². The van der Waals surface area contributed by atoms with Gasteiger partial charge in [-0.15, -0.1) is 0 Å². The number of aromatic nitrogens is 3. The van der Waals surface area contributed by atoms with Gasteiger partial charge < -0.3 is 9.64 Å². The Balaban J connectivity index is 2.03. The molecule has 4 atom stereocenters. The van der Waals surface area contributed by atoms with Gasteiger partial charge in [0.1, 0.15) is 5.82 Å². The van der Waals surface area contributed by atoms with Crippen molar-refractivity contribution in [3.05, 3.63) is 11.6 Å². The molecule has 19 heavy (non-hydrogen) atoms. The summed E-state index contributed by atoms with van der Waals surface area (Å²) in [5.41, 5.74) is 0. The molecular formula is C13H22N4O2. The molecule has 0 bridgehead atoms. The first kappa shape index (κ1) is 14.0. The van der Waals surface area contributed by atoms with Gasteiger partial charge in [-0.3, -0.25) is 9.89 Å². The summed E-state index contributed by atoms with van der Waals surface area (Å²) in [6.07, 6.45) is 0.0944. The number of aryl methyl sites for hydroxylation is 1. The molecule has 4 unspecified atom stereocenters. The Morgan fingerprint density at radius 3 is 2.53 bits per heavy atom. The fourth-order valence-electron chi connectivity index (χ4n) is 2.70. The molecule has 1 amide bonds. The number of carbonyl (C=O) groups excluding carboxylic acids is 1. The van der Waals surface area contributed by atoms with Crippen molar-refractivity contribution in [2.45, 2.75) is 46.4 Å². The summed E-state index contributed by atoms with van der Waals surface area (Å²) in [5, 5.41) is 6.84. The summed E-state index contributed by atoms with van der Waals surface area (Å²) in [5.74, 6) is 1.65. The van der Waals surface area contributed by atoms with Crippen molar-refractivity contribution in [3.8, 4) is 0 Å². The lowest BCUT2D eigenvalue weighted by Gasteiger charge is -2.24. The van der Waals surface area contributed by atoms with Gasteiger partial charge in [0.15, 0.2) is 5.82 Å². The molecule has 1 fully saturated rings. The summed E-state index contributed by atoms with van der Waals surface area (Å²) >= 11 is 0.